The van der Waals surface area contributed by atoms with Crippen LogP contribution in [0.5, 0.6) is 5.75 Å². The fourth-order valence-corrected chi connectivity index (χ4v) is 2.60. The van der Waals surface area contributed by atoms with Gasteiger partial charge in [-0.3, -0.25) is 14.2 Å². The first kappa shape index (κ1) is 19.2. The Balaban J connectivity index is 1.65. The van der Waals surface area contributed by atoms with Gasteiger partial charge in [-0.25, -0.2) is 15.0 Å². The molecular weight excluding hydrogens is 358 g/mol. The van der Waals surface area contributed by atoms with E-state index in [-0.39, 0.29) is 24.6 Å². The number of rotatable bonds is 6. The van der Waals surface area contributed by atoms with Crippen molar-refractivity contribution >= 4 is 5.91 Å². The summed E-state index contributed by atoms with van der Waals surface area (Å²) in [5, 5.41) is 2.77. The van der Waals surface area contributed by atoms with Crippen molar-refractivity contribution in [3.05, 3.63) is 70.3 Å². The number of hydrogen-bond acceptors (Lipinski definition) is 6. The number of aromatic nitrogens is 4. The number of ether oxygens (including phenoxy) is 1. The summed E-state index contributed by atoms with van der Waals surface area (Å²) >= 11 is 0. The second kappa shape index (κ2) is 8.43. The predicted molar refractivity (Wildman–Crippen MR) is 104 cm³/mol. The van der Waals surface area contributed by atoms with Gasteiger partial charge >= 0.3 is 0 Å². The molecule has 3 aromatic rings. The van der Waals surface area contributed by atoms with Gasteiger partial charge in [-0.05, 0) is 44.2 Å². The van der Waals surface area contributed by atoms with Crippen LogP contribution in [0, 0.1) is 13.8 Å². The minimum Gasteiger partial charge on any atom is -0.497 e. The van der Waals surface area contributed by atoms with Gasteiger partial charge < -0.3 is 10.1 Å². The van der Waals surface area contributed by atoms with E-state index in [4.69, 9.17) is 4.74 Å². The number of amides is 1. The van der Waals surface area contributed by atoms with E-state index < -0.39 is 0 Å². The topological polar surface area (TPSA) is 99.0 Å². The lowest BCUT2D eigenvalue weighted by Crippen LogP contribution is -2.33. The fourth-order valence-electron chi connectivity index (χ4n) is 2.60. The van der Waals surface area contributed by atoms with Crippen molar-refractivity contribution in [1.82, 2.24) is 24.8 Å². The number of carbonyl (C=O) groups excluding carboxylic acids is 1. The number of nitrogens with one attached hydrogen (secondary N) is 1. The zero-order valence-electron chi connectivity index (χ0n) is 16.0. The summed E-state index contributed by atoms with van der Waals surface area (Å²) in [6.07, 6.45) is 2.84. The number of benzene rings is 1. The first-order valence-electron chi connectivity index (χ1n) is 8.72. The van der Waals surface area contributed by atoms with Crippen LogP contribution >= 0.6 is 0 Å². The van der Waals surface area contributed by atoms with Gasteiger partial charge in [0.25, 0.3) is 5.56 Å². The minimum absolute atomic E-state index is 0.0939. The Bertz CT molecular complexity index is 1040. The molecular formula is C20H21N5O3. The smallest absolute Gasteiger partial charge is 0.256 e. The molecule has 0 aliphatic rings. The van der Waals surface area contributed by atoms with Crippen molar-refractivity contribution < 1.29 is 9.53 Å². The van der Waals surface area contributed by atoms with Crippen LogP contribution in [0.25, 0.3) is 11.3 Å². The molecule has 144 valence electrons. The Morgan fingerprint density at radius 1 is 1.14 bits per heavy atom. The largest absolute Gasteiger partial charge is 0.497 e. The summed E-state index contributed by atoms with van der Waals surface area (Å²) in [6, 6.07) is 9.33. The number of hydrogen-bond donors (Lipinski definition) is 1. The van der Waals surface area contributed by atoms with Crippen molar-refractivity contribution in [3.63, 3.8) is 0 Å². The van der Waals surface area contributed by atoms with Crippen LogP contribution in [0.2, 0.25) is 0 Å². The monoisotopic (exact) mass is 379 g/mol. The number of carbonyl (C=O) groups is 1. The van der Waals surface area contributed by atoms with Gasteiger partial charge in [0.15, 0.2) is 0 Å². The molecule has 0 saturated heterocycles. The molecule has 0 bridgehead atoms. The molecule has 0 unspecified atom stereocenters. The van der Waals surface area contributed by atoms with Gasteiger partial charge in [0.1, 0.15) is 18.6 Å². The maximum absolute atomic E-state index is 12.2. The Hall–Kier alpha value is -3.55. The van der Waals surface area contributed by atoms with Gasteiger partial charge in [0.2, 0.25) is 5.91 Å². The zero-order valence-corrected chi connectivity index (χ0v) is 16.0. The lowest BCUT2D eigenvalue weighted by Gasteiger charge is -2.09. The van der Waals surface area contributed by atoms with Crippen molar-refractivity contribution in [2.75, 3.05) is 7.11 Å². The van der Waals surface area contributed by atoms with Crippen LogP contribution in [-0.2, 0) is 17.9 Å². The molecule has 0 fully saturated rings. The van der Waals surface area contributed by atoms with Gasteiger partial charge in [-0.15, -0.1) is 0 Å². The summed E-state index contributed by atoms with van der Waals surface area (Å²) in [7, 11) is 1.61. The number of methoxy groups -OCH3 is 1. The van der Waals surface area contributed by atoms with Gasteiger partial charge in [0.05, 0.1) is 31.4 Å². The summed E-state index contributed by atoms with van der Waals surface area (Å²) in [5.74, 6) is 0.470. The molecule has 1 N–H and O–H groups in total. The highest BCUT2D eigenvalue weighted by atomic mass is 16.5. The Kier molecular flexibility index (Phi) is 5.78. The quantitative estimate of drug-likeness (QED) is 0.699. The van der Waals surface area contributed by atoms with Crippen LogP contribution in [0.4, 0.5) is 0 Å². The highest BCUT2D eigenvalue weighted by molar-refractivity contribution is 5.75. The highest BCUT2D eigenvalue weighted by Gasteiger charge is 2.09. The zero-order chi connectivity index (χ0) is 20.1. The van der Waals surface area contributed by atoms with E-state index in [2.05, 4.69) is 20.3 Å². The van der Waals surface area contributed by atoms with Crippen molar-refractivity contribution in [2.45, 2.75) is 26.9 Å². The summed E-state index contributed by atoms with van der Waals surface area (Å²) in [5.41, 5.74) is 3.31. The van der Waals surface area contributed by atoms with Gasteiger partial charge in [-0.1, -0.05) is 0 Å². The van der Waals surface area contributed by atoms with E-state index in [1.54, 1.807) is 21.0 Å². The van der Waals surface area contributed by atoms with E-state index in [1.165, 1.54) is 17.2 Å². The van der Waals surface area contributed by atoms with E-state index in [9.17, 15) is 9.59 Å². The molecule has 1 amide bonds. The summed E-state index contributed by atoms with van der Waals surface area (Å²) < 4.78 is 6.45. The van der Waals surface area contributed by atoms with Crippen LogP contribution in [0.3, 0.4) is 0 Å². The van der Waals surface area contributed by atoms with E-state index in [0.717, 1.165) is 17.0 Å². The first-order chi connectivity index (χ1) is 13.5. The van der Waals surface area contributed by atoms with Crippen molar-refractivity contribution in [2.24, 2.45) is 0 Å². The average Bonchev–Trinajstić information content (AvgIpc) is 2.73. The Morgan fingerprint density at radius 3 is 2.61 bits per heavy atom. The lowest BCUT2D eigenvalue weighted by molar-refractivity contribution is -0.121. The average molecular weight is 379 g/mol. The standard InChI is InChI=1S/C20H21N5O3/c1-13-14(2)24-12-25(20(13)27)10-19(26)21-9-16-8-18(23-11-22-16)15-4-6-17(28-3)7-5-15/h4-8,11-12H,9-10H2,1-3H3,(H,21,26). The fraction of sp³-hybridized carbons (Fsp3) is 0.250. The van der Waals surface area contributed by atoms with Crippen LogP contribution in [0.15, 0.2) is 47.8 Å². The van der Waals surface area contributed by atoms with Gasteiger partial charge in [0, 0.05) is 16.8 Å². The molecule has 8 heteroatoms. The van der Waals surface area contributed by atoms with E-state index in [0.29, 0.717) is 17.0 Å². The second-order valence-corrected chi connectivity index (χ2v) is 6.29. The normalized spacial score (nSPS) is 10.5. The number of aryl methyl sites for hydroxylation is 1. The predicted octanol–water partition coefficient (Wildman–Crippen LogP) is 1.64. The lowest BCUT2D eigenvalue weighted by atomic mass is 10.1. The maximum Gasteiger partial charge on any atom is 0.256 e. The van der Waals surface area contributed by atoms with Gasteiger partial charge in [-0.2, -0.15) is 0 Å². The first-order valence-corrected chi connectivity index (χ1v) is 8.72. The summed E-state index contributed by atoms with van der Waals surface area (Å²) in [4.78, 5) is 36.9. The molecule has 2 aromatic heterocycles. The van der Waals surface area contributed by atoms with Crippen LogP contribution < -0.4 is 15.6 Å². The third-order valence-electron chi connectivity index (χ3n) is 4.41. The maximum atomic E-state index is 12.2. The SMILES string of the molecule is COc1ccc(-c2cc(CNC(=O)Cn3cnc(C)c(C)c3=O)ncn2)cc1. The van der Waals surface area contributed by atoms with Crippen LogP contribution in [-0.4, -0.2) is 32.5 Å². The molecule has 0 saturated carbocycles. The third kappa shape index (κ3) is 4.40. The molecule has 28 heavy (non-hydrogen) atoms. The molecule has 0 atom stereocenters. The second-order valence-electron chi connectivity index (χ2n) is 6.29. The van der Waals surface area contributed by atoms with Crippen LogP contribution in [0.1, 0.15) is 17.0 Å². The molecule has 3 rings (SSSR count). The third-order valence-corrected chi connectivity index (χ3v) is 4.41. The molecule has 8 nitrogen and oxygen atoms in total. The molecule has 1 aromatic carbocycles. The minimum atomic E-state index is -0.295. The molecule has 0 radical (unpaired) electrons. The molecule has 0 spiro atoms. The summed E-state index contributed by atoms with van der Waals surface area (Å²) in [6.45, 7) is 3.60. The molecule has 0 aliphatic carbocycles. The van der Waals surface area contributed by atoms with Crippen molar-refractivity contribution in [1.29, 1.82) is 0 Å². The molecule has 2 heterocycles. The highest BCUT2D eigenvalue weighted by Crippen LogP contribution is 2.20. The van der Waals surface area contributed by atoms with E-state index in [1.807, 2.05) is 30.3 Å². The number of nitrogens with zero attached hydrogens (tertiary/aromatic N) is 4. The Labute approximate surface area is 162 Å². The Morgan fingerprint density at radius 2 is 1.89 bits per heavy atom. The van der Waals surface area contributed by atoms with Crippen molar-refractivity contribution in [3.8, 4) is 17.0 Å². The molecule has 0 aliphatic heterocycles. The van der Waals surface area contributed by atoms with E-state index >= 15 is 0 Å².